The topological polar surface area (TPSA) is 21.6 Å². The molecule has 1 heterocycles. The molecule has 0 fully saturated rings. The average molecular weight is 326 g/mol. The lowest BCUT2D eigenvalue weighted by Crippen LogP contribution is -2.42. The van der Waals surface area contributed by atoms with Crippen LogP contribution in [0, 0.1) is 17.7 Å². The quantitative estimate of drug-likeness (QED) is 0.752. The standard InChI is InChI=1S/C16H9F5NO/c17-12-7-6-11(8-13(12)18)15(16(19,20)21)9-14(22-23-15)10-4-2-1-3-5-10/h2-8H,9H2. The number of benzene rings is 2. The first-order valence-corrected chi connectivity index (χ1v) is 6.57. The van der Waals surface area contributed by atoms with Gasteiger partial charge in [-0.05, 0) is 23.8 Å². The Morgan fingerprint density at radius 3 is 2.35 bits per heavy atom. The van der Waals surface area contributed by atoms with Gasteiger partial charge in [0.1, 0.15) is 0 Å². The number of rotatable bonds is 2. The Hall–Kier alpha value is -2.44. The maximum atomic E-state index is 13.6. The van der Waals surface area contributed by atoms with Gasteiger partial charge >= 0.3 is 6.18 Å². The molecule has 0 aromatic heterocycles. The van der Waals surface area contributed by atoms with Crippen LogP contribution in [0.3, 0.4) is 0 Å². The lowest BCUT2D eigenvalue weighted by molar-refractivity contribution is -0.276. The van der Waals surface area contributed by atoms with Gasteiger partial charge in [0.15, 0.2) is 11.6 Å². The Morgan fingerprint density at radius 2 is 1.74 bits per heavy atom. The SMILES string of the molecule is Fc1ccc(C2(C(F)(F)F)CC(c3cc[c]cc3)=NO2)cc1F. The largest absolute Gasteiger partial charge is 0.435 e. The third-order valence-electron chi connectivity index (χ3n) is 3.62. The summed E-state index contributed by atoms with van der Waals surface area (Å²) in [4.78, 5) is 4.72. The summed E-state index contributed by atoms with van der Waals surface area (Å²) in [7, 11) is 0. The monoisotopic (exact) mass is 326 g/mol. The van der Waals surface area contributed by atoms with Gasteiger partial charge < -0.3 is 4.84 Å². The summed E-state index contributed by atoms with van der Waals surface area (Å²) in [5.41, 5.74) is -2.86. The fourth-order valence-electron chi connectivity index (χ4n) is 2.39. The molecule has 0 saturated carbocycles. The van der Waals surface area contributed by atoms with Crippen LogP contribution in [0.25, 0.3) is 0 Å². The first kappa shape index (κ1) is 15.5. The first-order chi connectivity index (χ1) is 10.8. The molecule has 0 aliphatic carbocycles. The van der Waals surface area contributed by atoms with E-state index in [1.165, 1.54) is 12.1 Å². The van der Waals surface area contributed by atoms with Crippen LogP contribution in [0.5, 0.6) is 0 Å². The Balaban J connectivity index is 2.03. The van der Waals surface area contributed by atoms with Gasteiger partial charge in [-0.15, -0.1) is 0 Å². The smallest absolute Gasteiger partial charge is 0.374 e. The minimum atomic E-state index is -4.86. The van der Waals surface area contributed by atoms with E-state index in [-0.39, 0.29) is 5.71 Å². The molecule has 0 N–H and O–H groups in total. The van der Waals surface area contributed by atoms with Gasteiger partial charge in [0, 0.05) is 12.0 Å². The van der Waals surface area contributed by atoms with Crippen molar-refractivity contribution in [2.24, 2.45) is 5.16 Å². The van der Waals surface area contributed by atoms with Gasteiger partial charge in [0.2, 0.25) is 0 Å². The zero-order valence-corrected chi connectivity index (χ0v) is 11.5. The number of nitrogens with zero attached hydrogens (tertiary/aromatic N) is 1. The van der Waals surface area contributed by atoms with E-state index < -0.39 is 35.4 Å². The third-order valence-corrected chi connectivity index (χ3v) is 3.62. The van der Waals surface area contributed by atoms with Gasteiger partial charge in [0.25, 0.3) is 5.60 Å². The summed E-state index contributed by atoms with van der Waals surface area (Å²) in [6.45, 7) is 0. The van der Waals surface area contributed by atoms with Crippen molar-refractivity contribution in [3.8, 4) is 0 Å². The molecule has 0 bridgehead atoms. The van der Waals surface area contributed by atoms with Crippen molar-refractivity contribution >= 4 is 5.71 Å². The molecule has 2 aromatic rings. The van der Waals surface area contributed by atoms with E-state index in [4.69, 9.17) is 4.84 Å². The van der Waals surface area contributed by atoms with Crippen LogP contribution in [0.4, 0.5) is 22.0 Å². The van der Waals surface area contributed by atoms with Crippen LogP contribution in [0.1, 0.15) is 17.5 Å². The van der Waals surface area contributed by atoms with E-state index in [1.54, 1.807) is 12.1 Å². The number of alkyl halides is 3. The van der Waals surface area contributed by atoms with Crippen LogP contribution in [-0.4, -0.2) is 11.9 Å². The Morgan fingerprint density at radius 1 is 1.04 bits per heavy atom. The van der Waals surface area contributed by atoms with E-state index in [1.807, 2.05) is 0 Å². The van der Waals surface area contributed by atoms with Gasteiger partial charge in [-0.1, -0.05) is 35.5 Å². The number of halogens is 5. The normalized spacial score (nSPS) is 21.0. The van der Waals surface area contributed by atoms with Crippen LogP contribution in [0.15, 0.2) is 47.6 Å². The van der Waals surface area contributed by atoms with Crippen molar-refractivity contribution in [1.82, 2.24) is 0 Å². The summed E-state index contributed by atoms with van der Waals surface area (Å²) >= 11 is 0. The maximum absolute atomic E-state index is 13.6. The van der Waals surface area contributed by atoms with E-state index >= 15 is 0 Å². The molecule has 1 aliphatic heterocycles. The summed E-state index contributed by atoms with van der Waals surface area (Å²) < 4.78 is 67.2. The molecular formula is C16H9F5NO. The zero-order valence-electron chi connectivity index (χ0n) is 11.5. The molecule has 0 saturated heterocycles. The molecule has 0 spiro atoms. The van der Waals surface area contributed by atoms with Crippen molar-refractivity contribution in [3.63, 3.8) is 0 Å². The molecule has 119 valence electrons. The molecule has 1 radical (unpaired) electrons. The van der Waals surface area contributed by atoms with Crippen LogP contribution < -0.4 is 0 Å². The summed E-state index contributed by atoms with van der Waals surface area (Å²) in [5.74, 6) is -2.61. The number of oxime groups is 1. The first-order valence-electron chi connectivity index (χ1n) is 6.57. The molecule has 1 atom stereocenters. The van der Waals surface area contributed by atoms with E-state index in [2.05, 4.69) is 11.2 Å². The fourth-order valence-corrected chi connectivity index (χ4v) is 2.39. The highest BCUT2D eigenvalue weighted by Crippen LogP contribution is 2.48. The molecule has 2 aromatic carbocycles. The van der Waals surface area contributed by atoms with Crippen molar-refractivity contribution in [1.29, 1.82) is 0 Å². The molecule has 0 amide bonds. The zero-order chi connectivity index (χ0) is 16.7. The molecular weight excluding hydrogens is 317 g/mol. The van der Waals surface area contributed by atoms with E-state index in [0.29, 0.717) is 17.7 Å². The van der Waals surface area contributed by atoms with Crippen molar-refractivity contribution in [3.05, 3.63) is 71.3 Å². The highest BCUT2D eigenvalue weighted by Gasteiger charge is 2.62. The molecule has 23 heavy (non-hydrogen) atoms. The second-order valence-electron chi connectivity index (χ2n) is 5.05. The van der Waals surface area contributed by atoms with Gasteiger partial charge in [-0.2, -0.15) is 13.2 Å². The minimum Gasteiger partial charge on any atom is -0.374 e. The highest BCUT2D eigenvalue weighted by atomic mass is 19.4. The van der Waals surface area contributed by atoms with Crippen LogP contribution >= 0.6 is 0 Å². The van der Waals surface area contributed by atoms with Crippen LogP contribution in [-0.2, 0) is 10.4 Å². The highest BCUT2D eigenvalue weighted by molar-refractivity contribution is 6.01. The molecule has 2 nitrogen and oxygen atoms in total. The van der Waals surface area contributed by atoms with Crippen molar-refractivity contribution < 1.29 is 26.8 Å². The van der Waals surface area contributed by atoms with Gasteiger partial charge in [0.05, 0.1) is 5.71 Å². The molecule has 7 heteroatoms. The Bertz CT molecular complexity index is 757. The Kier molecular flexibility index (Phi) is 3.58. The summed E-state index contributed by atoms with van der Waals surface area (Å²) in [6.07, 6.45) is -5.49. The van der Waals surface area contributed by atoms with Crippen molar-refractivity contribution in [2.45, 2.75) is 18.2 Å². The van der Waals surface area contributed by atoms with Crippen molar-refractivity contribution in [2.75, 3.05) is 0 Å². The second kappa shape index (κ2) is 5.33. The van der Waals surface area contributed by atoms with Gasteiger partial charge in [-0.3, -0.25) is 0 Å². The average Bonchev–Trinajstić information content (AvgIpc) is 2.97. The summed E-state index contributed by atoms with van der Waals surface area (Å²) in [6, 6.07) is 10.9. The Labute approximate surface area is 128 Å². The number of hydrogen-bond acceptors (Lipinski definition) is 2. The molecule has 1 aliphatic rings. The lowest BCUT2D eigenvalue weighted by Gasteiger charge is -2.29. The summed E-state index contributed by atoms with van der Waals surface area (Å²) in [5, 5.41) is 3.52. The van der Waals surface area contributed by atoms with Gasteiger partial charge in [-0.25, -0.2) is 8.78 Å². The molecule has 3 rings (SSSR count). The van der Waals surface area contributed by atoms with E-state index in [0.717, 1.165) is 6.07 Å². The molecule has 1 unspecified atom stereocenters. The van der Waals surface area contributed by atoms with Crippen LogP contribution in [0.2, 0.25) is 0 Å². The maximum Gasteiger partial charge on any atom is 0.435 e. The number of hydrogen-bond donors (Lipinski definition) is 0. The third kappa shape index (κ3) is 2.56. The lowest BCUT2D eigenvalue weighted by atomic mass is 9.86. The predicted molar refractivity (Wildman–Crippen MR) is 71.6 cm³/mol. The minimum absolute atomic E-state index is 0.0704. The van der Waals surface area contributed by atoms with E-state index in [9.17, 15) is 22.0 Å². The second-order valence-corrected chi connectivity index (χ2v) is 5.05. The fraction of sp³-hybridized carbons (Fsp3) is 0.188. The predicted octanol–water partition coefficient (Wildman–Crippen LogP) is 4.35.